The standard InChI is InChI=1S/C18H17N5/c1-2-13-8-10-14(11-9-13)16-12-17(15-6-4-3-5-7-15)23-18(19-16)20-21-22-23/h3-12,17H,2H2,1H3,(H,19,20,22). The van der Waals surface area contributed by atoms with Gasteiger partial charge in [-0.2, -0.15) is 4.68 Å². The molecule has 0 radical (unpaired) electrons. The van der Waals surface area contributed by atoms with Crippen molar-refractivity contribution in [3.05, 3.63) is 77.4 Å². The largest absolute Gasteiger partial charge is 0.323 e. The molecule has 0 aliphatic carbocycles. The minimum absolute atomic E-state index is 0.0108. The van der Waals surface area contributed by atoms with Crippen LogP contribution in [0.1, 0.15) is 29.7 Å². The average molecular weight is 303 g/mol. The highest BCUT2D eigenvalue weighted by Gasteiger charge is 2.23. The van der Waals surface area contributed by atoms with E-state index >= 15 is 0 Å². The Balaban J connectivity index is 1.77. The number of anilines is 1. The van der Waals surface area contributed by atoms with Gasteiger partial charge < -0.3 is 5.32 Å². The first-order chi connectivity index (χ1) is 11.3. The Labute approximate surface area is 134 Å². The second-order valence-corrected chi connectivity index (χ2v) is 5.56. The highest BCUT2D eigenvalue weighted by molar-refractivity contribution is 5.77. The van der Waals surface area contributed by atoms with Gasteiger partial charge in [-0.05, 0) is 39.6 Å². The lowest BCUT2D eigenvalue weighted by molar-refractivity contribution is 0.586. The first-order valence-electron chi connectivity index (χ1n) is 7.76. The quantitative estimate of drug-likeness (QED) is 0.806. The number of rotatable bonds is 3. The Hall–Kier alpha value is -2.95. The predicted octanol–water partition coefficient (Wildman–Crippen LogP) is 3.29. The van der Waals surface area contributed by atoms with Gasteiger partial charge in [0, 0.05) is 5.70 Å². The number of benzene rings is 2. The first kappa shape index (κ1) is 13.7. The van der Waals surface area contributed by atoms with Crippen molar-refractivity contribution in [2.45, 2.75) is 19.4 Å². The third-order valence-electron chi connectivity index (χ3n) is 4.14. The minimum atomic E-state index is -0.0108. The molecule has 2 heterocycles. The van der Waals surface area contributed by atoms with Crippen LogP contribution in [0.3, 0.4) is 0 Å². The van der Waals surface area contributed by atoms with Gasteiger partial charge in [0.1, 0.15) is 6.04 Å². The second-order valence-electron chi connectivity index (χ2n) is 5.56. The van der Waals surface area contributed by atoms with Crippen LogP contribution < -0.4 is 5.32 Å². The summed E-state index contributed by atoms with van der Waals surface area (Å²) in [7, 11) is 0. The zero-order chi connectivity index (χ0) is 15.6. The Morgan fingerprint density at radius 1 is 1.04 bits per heavy atom. The van der Waals surface area contributed by atoms with Gasteiger partial charge >= 0.3 is 0 Å². The number of aromatic nitrogens is 4. The van der Waals surface area contributed by atoms with E-state index in [-0.39, 0.29) is 6.04 Å². The summed E-state index contributed by atoms with van der Waals surface area (Å²) in [6.07, 6.45) is 3.21. The molecular formula is C18H17N5. The second kappa shape index (κ2) is 5.68. The predicted molar refractivity (Wildman–Crippen MR) is 89.8 cm³/mol. The summed E-state index contributed by atoms with van der Waals surface area (Å²) < 4.78 is 1.80. The number of nitrogens with zero attached hydrogens (tertiary/aromatic N) is 4. The van der Waals surface area contributed by atoms with Crippen LogP contribution in [0.15, 0.2) is 60.7 Å². The topological polar surface area (TPSA) is 55.6 Å². The average Bonchev–Trinajstić information content (AvgIpc) is 3.10. The van der Waals surface area contributed by atoms with Gasteiger partial charge in [0.2, 0.25) is 5.95 Å². The van der Waals surface area contributed by atoms with Gasteiger partial charge in [0.15, 0.2) is 0 Å². The molecule has 0 bridgehead atoms. The molecule has 5 nitrogen and oxygen atoms in total. The van der Waals surface area contributed by atoms with E-state index in [1.165, 1.54) is 5.56 Å². The van der Waals surface area contributed by atoms with Gasteiger partial charge in [-0.15, -0.1) is 0 Å². The maximum absolute atomic E-state index is 4.12. The van der Waals surface area contributed by atoms with Gasteiger partial charge in [-0.25, -0.2) is 0 Å². The monoisotopic (exact) mass is 303 g/mol. The molecule has 3 aromatic rings. The summed E-state index contributed by atoms with van der Waals surface area (Å²) >= 11 is 0. The van der Waals surface area contributed by atoms with Crippen molar-refractivity contribution in [3.63, 3.8) is 0 Å². The van der Waals surface area contributed by atoms with Crippen molar-refractivity contribution in [1.29, 1.82) is 0 Å². The van der Waals surface area contributed by atoms with Crippen LogP contribution >= 0.6 is 0 Å². The SMILES string of the molecule is CCc1ccc(C2=CC(c3ccccc3)n3nnnc3N2)cc1. The minimum Gasteiger partial charge on any atom is -0.323 e. The van der Waals surface area contributed by atoms with Crippen molar-refractivity contribution >= 4 is 11.6 Å². The Morgan fingerprint density at radius 3 is 2.57 bits per heavy atom. The van der Waals surface area contributed by atoms with Crippen LogP contribution in [0.25, 0.3) is 5.70 Å². The van der Waals surface area contributed by atoms with E-state index in [0.29, 0.717) is 5.95 Å². The summed E-state index contributed by atoms with van der Waals surface area (Å²) in [6, 6.07) is 18.8. The maximum atomic E-state index is 4.12. The fourth-order valence-electron chi connectivity index (χ4n) is 2.83. The molecule has 0 fully saturated rings. The number of hydrogen-bond acceptors (Lipinski definition) is 4. The zero-order valence-electron chi connectivity index (χ0n) is 12.8. The molecule has 0 saturated carbocycles. The van der Waals surface area contributed by atoms with Crippen molar-refractivity contribution in [3.8, 4) is 0 Å². The fraction of sp³-hybridized carbons (Fsp3) is 0.167. The molecule has 0 spiro atoms. The summed E-state index contributed by atoms with van der Waals surface area (Å²) in [5.74, 6) is 0.663. The number of aryl methyl sites for hydroxylation is 1. The molecule has 0 saturated heterocycles. The summed E-state index contributed by atoms with van der Waals surface area (Å²) in [6.45, 7) is 2.16. The van der Waals surface area contributed by atoms with Gasteiger partial charge in [-0.1, -0.05) is 66.6 Å². The third-order valence-corrected chi connectivity index (χ3v) is 4.14. The molecule has 1 N–H and O–H groups in total. The molecule has 1 atom stereocenters. The molecule has 114 valence electrons. The van der Waals surface area contributed by atoms with Gasteiger partial charge in [-0.3, -0.25) is 0 Å². The van der Waals surface area contributed by atoms with Crippen LogP contribution in [0.5, 0.6) is 0 Å². The smallest absolute Gasteiger partial charge is 0.248 e. The molecule has 1 unspecified atom stereocenters. The van der Waals surface area contributed by atoms with Crippen LogP contribution in [0.4, 0.5) is 5.95 Å². The number of hydrogen-bond donors (Lipinski definition) is 1. The molecule has 1 aliphatic rings. The van der Waals surface area contributed by atoms with Crippen molar-refractivity contribution < 1.29 is 0 Å². The lowest BCUT2D eigenvalue weighted by Gasteiger charge is -2.23. The van der Waals surface area contributed by atoms with Crippen LogP contribution in [-0.2, 0) is 6.42 Å². The highest BCUT2D eigenvalue weighted by atomic mass is 15.6. The van der Waals surface area contributed by atoms with Gasteiger partial charge in [0.25, 0.3) is 0 Å². The molecule has 1 aromatic heterocycles. The summed E-state index contributed by atoms with van der Waals surface area (Å²) in [5, 5.41) is 15.3. The number of fused-ring (bicyclic) bond motifs is 1. The lowest BCUT2D eigenvalue weighted by atomic mass is 10.0. The van der Waals surface area contributed by atoms with E-state index in [1.54, 1.807) is 4.68 Å². The van der Waals surface area contributed by atoms with Crippen LogP contribution in [0, 0.1) is 0 Å². The van der Waals surface area contributed by atoms with Crippen molar-refractivity contribution in [2.24, 2.45) is 0 Å². The maximum Gasteiger partial charge on any atom is 0.248 e. The molecule has 1 aliphatic heterocycles. The number of nitrogens with one attached hydrogen (secondary N) is 1. The molecular weight excluding hydrogens is 286 g/mol. The molecule has 2 aromatic carbocycles. The van der Waals surface area contributed by atoms with Crippen molar-refractivity contribution in [2.75, 3.05) is 5.32 Å². The van der Waals surface area contributed by atoms with E-state index in [0.717, 1.165) is 23.2 Å². The van der Waals surface area contributed by atoms with Crippen molar-refractivity contribution in [1.82, 2.24) is 20.2 Å². The van der Waals surface area contributed by atoms with Crippen LogP contribution in [0.2, 0.25) is 0 Å². The van der Waals surface area contributed by atoms with E-state index in [4.69, 9.17) is 0 Å². The summed E-state index contributed by atoms with van der Waals surface area (Å²) in [5.41, 5.74) is 4.65. The number of tetrazole rings is 1. The number of allylic oxidation sites excluding steroid dienone is 1. The lowest BCUT2D eigenvalue weighted by Crippen LogP contribution is -2.20. The Kier molecular flexibility index (Phi) is 3.38. The zero-order valence-corrected chi connectivity index (χ0v) is 12.8. The summed E-state index contributed by atoms with van der Waals surface area (Å²) in [4.78, 5) is 0. The Bertz CT molecular complexity index is 833. The van der Waals surface area contributed by atoms with Gasteiger partial charge in [0.05, 0.1) is 0 Å². The van der Waals surface area contributed by atoms with E-state index in [9.17, 15) is 0 Å². The normalized spacial score (nSPS) is 16.4. The fourth-order valence-corrected chi connectivity index (χ4v) is 2.83. The molecule has 23 heavy (non-hydrogen) atoms. The molecule has 4 rings (SSSR count). The van der Waals surface area contributed by atoms with E-state index < -0.39 is 0 Å². The highest BCUT2D eigenvalue weighted by Crippen LogP contribution is 2.31. The van der Waals surface area contributed by atoms with E-state index in [2.05, 4.69) is 70.2 Å². The molecule has 0 amide bonds. The van der Waals surface area contributed by atoms with Crippen LogP contribution in [-0.4, -0.2) is 20.2 Å². The Morgan fingerprint density at radius 2 is 1.83 bits per heavy atom. The third kappa shape index (κ3) is 2.50. The molecule has 5 heteroatoms. The van der Waals surface area contributed by atoms with E-state index in [1.807, 2.05) is 18.2 Å². The first-order valence-corrected chi connectivity index (χ1v) is 7.76.